The molecule has 0 aromatic rings. The van der Waals surface area contributed by atoms with Crippen molar-refractivity contribution < 1.29 is 9.90 Å². The summed E-state index contributed by atoms with van der Waals surface area (Å²) in [6.07, 6.45) is 6.02. The second-order valence-corrected chi connectivity index (χ2v) is 6.16. The van der Waals surface area contributed by atoms with Gasteiger partial charge in [-0.25, -0.2) is 0 Å². The normalized spacial score (nSPS) is 26.2. The van der Waals surface area contributed by atoms with Crippen molar-refractivity contribution in [3.63, 3.8) is 0 Å². The molecule has 0 saturated heterocycles. The van der Waals surface area contributed by atoms with E-state index < -0.39 is 5.97 Å². The first kappa shape index (κ1) is 14.5. The van der Waals surface area contributed by atoms with Gasteiger partial charge in [0.05, 0.1) is 6.54 Å². The Morgan fingerprint density at radius 1 is 1.29 bits per heavy atom. The number of likely N-dealkylation sites (N-methyl/N-ethyl adjacent to an activating group) is 1. The molecule has 0 unspecified atom stereocenters. The van der Waals surface area contributed by atoms with E-state index in [1.54, 1.807) is 0 Å². The fraction of sp³-hybridized carbons (Fsp3) is 0.929. The maximum absolute atomic E-state index is 10.7. The molecule has 17 heavy (non-hydrogen) atoms. The number of carboxylic acid groups (broad SMARTS) is 1. The van der Waals surface area contributed by atoms with Gasteiger partial charge in [0.1, 0.15) is 0 Å². The summed E-state index contributed by atoms with van der Waals surface area (Å²) < 4.78 is 0. The highest BCUT2D eigenvalue weighted by atomic mass is 16.4. The first-order valence-electron chi connectivity index (χ1n) is 6.79. The van der Waals surface area contributed by atoms with Crippen LogP contribution in [0.25, 0.3) is 0 Å². The molecule has 100 valence electrons. The smallest absolute Gasteiger partial charge is 0.317 e. The Kier molecular flexibility index (Phi) is 4.99. The van der Waals surface area contributed by atoms with Crippen LogP contribution in [0.5, 0.6) is 0 Å². The molecule has 0 spiro atoms. The zero-order chi connectivity index (χ0) is 13.1. The minimum Gasteiger partial charge on any atom is -0.480 e. The van der Waals surface area contributed by atoms with Crippen LogP contribution in [0.2, 0.25) is 0 Å². The van der Waals surface area contributed by atoms with E-state index >= 15 is 0 Å². The van der Waals surface area contributed by atoms with Crippen LogP contribution in [-0.4, -0.2) is 35.6 Å². The summed E-state index contributed by atoms with van der Waals surface area (Å²) >= 11 is 0. The number of nitrogens with zero attached hydrogens (tertiary/aromatic N) is 1. The fourth-order valence-corrected chi connectivity index (χ4v) is 2.93. The van der Waals surface area contributed by atoms with E-state index in [2.05, 4.69) is 20.8 Å². The van der Waals surface area contributed by atoms with Gasteiger partial charge in [0.25, 0.3) is 0 Å². The first-order chi connectivity index (χ1) is 7.86. The molecule has 1 N–H and O–H groups in total. The average Bonchev–Trinajstić information content (AvgIpc) is 2.28. The lowest BCUT2D eigenvalue weighted by molar-refractivity contribution is -0.138. The Balaban J connectivity index is 2.43. The Labute approximate surface area is 105 Å². The molecule has 1 fully saturated rings. The van der Waals surface area contributed by atoms with Crippen LogP contribution in [0, 0.1) is 11.3 Å². The predicted molar refractivity (Wildman–Crippen MR) is 70.1 cm³/mol. The van der Waals surface area contributed by atoms with Crippen molar-refractivity contribution in [3.8, 4) is 0 Å². The second-order valence-electron chi connectivity index (χ2n) is 6.16. The first-order valence-corrected chi connectivity index (χ1v) is 6.79. The molecule has 1 aliphatic rings. The average molecular weight is 241 g/mol. The molecule has 0 amide bonds. The van der Waals surface area contributed by atoms with Gasteiger partial charge in [-0.1, -0.05) is 27.2 Å². The third kappa shape index (κ3) is 3.98. The van der Waals surface area contributed by atoms with Gasteiger partial charge in [0.2, 0.25) is 0 Å². The van der Waals surface area contributed by atoms with E-state index in [1.165, 1.54) is 19.3 Å². The molecule has 3 nitrogen and oxygen atoms in total. The highest BCUT2D eigenvalue weighted by Gasteiger charge is 2.33. The lowest BCUT2D eigenvalue weighted by Gasteiger charge is -2.41. The van der Waals surface area contributed by atoms with Crippen LogP contribution in [0.4, 0.5) is 0 Å². The van der Waals surface area contributed by atoms with Crippen molar-refractivity contribution in [1.82, 2.24) is 4.90 Å². The second kappa shape index (κ2) is 5.85. The van der Waals surface area contributed by atoms with Crippen molar-refractivity contribution >= 4 is 5.97 Å². The summed E-state index contributed by atoms with van der Waals surface area (Å²) in [5, 5.41) is 8.79. The number of rotatable bonds is 5. The summed E-state index contributed by atoms with van der Waals surface area (Å²) in [6.45, 7) is 7.16. The summed E-state index contributed by atoms with van der Waals surface area (Å²) in [7, 11) is 1.93. The lowest BCUT2D eigenvalue weighted by Crippen LogP contribution is -2.40. The van der Waals surface area contributed by atoms with Crippen molar-refractivity contribution in [2.75, 3.05) is 13.6 Å². The van der Waals surface area contributed by atoms with Crippen LogP contribution >= 0.6 is 0 Å². The summed E-state index contributed by atoms with van der Waals surface area (Å²) in [5.74, 6) is 0.0884. The molecular formula is C14H27NO2. The maximum Gasteiger partial charge on any atom is 0.317 e. The van der Waals surface area contributed by atoms with E-state index in [0.29, 0.717) is 11.5 Å². The Morgan fingerprint density at radius 3 is 2.24 bits per heavy atom. The summed E-state index contributed by atoms with van der Waals surface area (Å²) in [6, 6.07) is 0.468. The van der Waals surface area contributed by atoms with Crippen molar-refractivity contribution in [3.05, 3.63) is 0 Å². The largest absolute Gasteiger partial charge is 0.480 e. The van der Waals surface area contributed by atoms with Gasteiger partial charge in [-0.3, -0.25) is 9.69 Å². The van der Waals surface area contributed by atoms with Crippen molar-refractivity contribution in [2.45, 2.75) is 58.9 Å². The highest BCUT2D eigenvalue weighted by molar-refractivity contribution is 5.69. The number of hydrogen-bond acceptors (Lipinski definition) is 2. The molecule has 1 saturated carbocycles. The zero-order valence-corrected chi connectivity index (χ0v) is 11.7. The molecule has 0 radical (unpaired) electrons. The number of carbonyl (C=O) groups is 1. The molecule has 0 aromatic carbocycles. The van der Waals surface area contributed by atoms with E-state index in [1.807, 2.05) is 11.9 Å². The Hall–Kier alpha value is -0.570. The molecule has 3 heteroatoms. The van der Waals surface area contributed by atoms with E-state index in [4.69, 9.17) is 5.11 Å². The van der Waals surface area contributed by atoms with Gasteiger partial charge in [-0.05, 0) is 44.1 Å². The highest BCUT2D eigenvalue weighted by Crippen LogP contribution is 2.41. The van der Waals surface area contributed by atoms with Crippen molar-refractivity contribution in [2.24, 2.45) is 11.3 Å². The number of carboxylic acids is 1. The topological polar surface area (TPSA) is 40.5 Å². The quantitative estimate of drug-likeness (QED) is 0.804. The van der Waals surface area contributed by atoms with Crippen molar-refractivity contribution in [1.29, 1.82) is 0 Å². The van der Waals surface area contributed by atoms with Gasteiger partial charge in [-0.2, -0.15) is 0 Å². The van der Waals surface area contributed by atoms with E-state index in [9.17, 15) is 4.79 Å². The lowest BCUT2D eigenvalue weighted by atomic mass is 9.69. The van der Waals surface area contributed by atoms with Crippen LogP contribution < -0.4 is 0 Å². The number of aliphatic carboxylic acids is 1. The third-order valence-corrected chi connectivity index (χ3v) is 4.72. The molecule has 1 rings (SSSR count). The summed E-state index contributed by atoms with van der Waals surface area (Å²) in [5.41, 5.74) is 0.441. The van der Waals surface area contributed by atoms with Gasteiger partial charge in [-0.15, -0.1) is 0 Å². The monoisotopic (exact) mass is 241 g/mol. The number of hydrogen-bond donors (Lipinski definition) is 1. The van der Waals surface area contributed by atoms with Crippen LogP contribution in [-0.2, 0) is 4.79 Å². The molecule has 0 heterocycles. The van der Waals surface area contributed by atoms with E-state index in [0.717, 1.165) is 18.8 Å². The van der Waals surface area contributed by atoms with Crippen LogP contribution in [0.1, 0.15) is 52.9 Å². The fourth-order valence-electron chi connectivity index (χ4n) is 2.93. The van der Waals surface area contributed by atoms with Gasteiger partial charge in [0, 0.05) is 6.04 Å². The van der Waals surface area contributed by atoms with Gasteiger partial charge >= 0.3 is 5.97 Å². The molecule has 1 aliphatic carbocycles. The standard InChI is InChI=1S/C14H27NO2/c1-5-14(2,3)11-6-8-12(9-7-11)15(4)10-13(16)17/h11-12H,5-10H2,1-4H3,(H,16,17). The van der Waals surface area contributed by atoms with E-state index in [-0.39, 0.29) is 6.54 Å². The molecule has 0 bridgehead atoms. The van der Waals surface area contributed by atoms with Crippen LogP contribution in [0.15, 0.2) is 0 Å². The maximum atomic E-state index is 10.7. The third-order valence-electron chi connectivity index (χ3n) is 4.72. The van der Waals surface area contributed by atoms with Gasteiger partial charge in [0.15, 0.2) is 0 Å². The van der Waals surface area contributed by atoms with Crippen LogP contribution in [0.3, 0.4) is 0 Å². The molecule has 0 aromatic heterocycles. The Bertz CT molecular complexity index is 255. The van der Waals surface area contributed by atoms with Gasteiger partial charge < -0.3 is 5.11 Å². The molecule has 0 atom stereocenters. The summed E-state index contributed by atoms with van der Waals surface area (Å²) in [4.78, 5) is 12.7. The SMILES string of the molecule is CCC(C)(C)C1CCC(N(C)CC(=O)O)CC1. The Morgan fingerprint density at radius 2 is 1.82 bits per heavy atom. The predicted octanol–water partition coefficient (Wildman–Crippen LogP) is 3.00. The minimum absolute atomic E-state index is 0.173. The molecule has 0 aliphatic heterocycles. The molecular weight excluding hydrogens is 214 g/mol. The minimum atomic E-state index is -0.719. The zero-order valence-electron chi connectivity index (χ0n) is 11.7.